The zero-order valence-electron chi connectivity index (χ0n) is 16.5. The van der Waals surface area contributed by atoms with Crippen molar-refractivity contribution in [1.82, 2.24) is 10.6 Å². The minimum Gasteiger partial charge on any atom is -0.467 e. The molecule has 0 spiro atoms. The van der Waals surface area contributed by atoms with Gasteiger partial charge < -0.3 is 24.9 Å². The third-order valence-corrected chi connectivity index (χ3v) is 4.97. The highest BCUT2D eigenvalue weighted by Gasteiger charge is 2.29. The zero-order valence-corrected chi connectivity index (χ0v) is 16.5. The van der Waals surface area contributed by atoms with Gasteiger partial charge in [-0.15, -0.1) is 0 Å². The van der Waals surface area contributed by atoms with Crippen LogP contribution in [-0.4, -0.2) is 52.1 Å². The molecule has 0 saturated carbocycles. The minimum absolute atomic E-state index is 0.159. The van der Waals surface area contributed by atoms with Crippen LogP contribution in [0.5, 0.6) is 0 Å². The number of carbonyl (C=O) groups excluding carboxylic acids is 2. The highest BCUT2D eigenvalue weighted by atomic mass is 16.3. The summed E-state index contributed by atoms with van der Waals surface area (Å²) >= 11 is 0. The Morgan fingerprint density at radius 1 is 1.14 bits per heavy atom. The third kappa shape index (κ3) is 4.92. The lowest BCUT2D eigenvalue weighted by atomic mass is 10.1. The summed E-state index contributed by atoms with van der Waals surface area (Å²) in [5, 5.41) is 5.45. The van der Waals surface area contributed by atoms with Gasteiger partial charge in [0.2, 0.25) is 0 Å². The number of amides is 2. The summed E-state index contributed by atoms with van der Waals surface area (Å²) in [5.74, 6) is -0.429. The largest absolute Gasteiger partial charge is 0.467 e. The Balaban J connectivity index is 1.59. The van der Waals surface area contributed by atoms with E-state index in [0.29, 0.717) is 13.1 Å². The number of anilines is 1. The molecule has 1 atom stereocenters. The van der Waals surface area contributed by atoms with Crippen molar-refractivity contribution in [2.24, 2.45) is 0 Å². The van der Waals surface area contributed by atoms with Crippen molar-refractivity contribution in [2.45, 2.75) is 18.9 Å². The van der Waals surface area contributed by atoms with E-state index >= 15 is 0 Å². The van der Waals surface area contributed by atoms with Crippen molar-refractivity contribution in [2.75, 3.05) is 45.2 Å². The number of fused-ring (bicyclic) bond motifs is 1. The van der Waals surface area contributed by atoms with Crippen LogP contribution < -0.4 is 20.4 Å². The first-order chi connectivity index (χ1) is 13.6. The third-order valence-electron chi connectivity index (χ3n) is 4.97. The second-order valence-corrected chi connectivity index (χ2v) is 7.38. The van der Waals surface area contributed by atoms with E-state index in [9.17, 15) is 9.59 Å². The summed E-state index contributed by atoms with van der Waals surface area (Å²) in [5.41, 5.74) is 2.43. The number of furan rings is 1. The molecular formula is C21H29N4O3+. The SMILES string of the molecule is C[NH+](C)CCCNC(=O)C(=O)NC[C@H](c1ccco1)N1CCc2ccccc21. The van der Waals surface area contributed by atoms with Crippen molar-refractivity contribution in [3.63, 3.8) is 0 Å². The van der Waals surface area contributed by atoms with E-state index in [2.05, 4.69) is 41.8 Å². The van der Waals surface area contributed by atoms with Crippen molar-refractivity contribution < 1.29 is 18.9 Å². The van der Waals surface area contributed by atoms with Crippen LogP contribution in [0.1, 0.15) is 23.8 Å². The molecule has 1 aromatic heterocycles. The summed E-state index contributed by atoms with van der Waals surface area (Å²) < 4.78 is 5.62. The number of nitrogens with one attached hydrogen (secondary N) is 3. The van der Waals surface area contributed by atoms with E-state index in [1.807, 2.05) is 24.3 Å². The van der Waals surface area contributed by atoms with Gasteiger partial charge in [-0.2, -0.15) is 0 Å². The summed E-state index contributed by atoms with van der Waals surface area (Å²) in [4.78, 5) is 27.8. The van der Waals surface area contributed by atoms with Gasteiger partial charge in [0, 0.05) is 31.7 Å². The van der Waals surface area contributed by atoms with Crippen molar-refractivity contribution in [3.05, 3.63) is 54.0 Å². The van der Waals surface area contributed by atoms with E-state index < -0.39 is 11.8 Å². The number of quaternary nitrogens is 1. The second-order valence-electron chi connectivity index (χ2n) is 7.38. The molecule has 0 radical (unpaired) electrons. The molecule has 2 aromatic rings. The number of hydrogen-bond acceptors (Lipinski definition) is 4. The van der Waals surface area contributed by atoms with E-state index in [-0.39, 0.29) is 6.04 Å². The topological polar surface area (TPSA) is 79.0 Å². The van der Waals surface area contributed by atoms with Gasteiger partial charge in [-0.25, -0.2) is 0 Å². The van der Waals surface area contributed by atoms with Crippen LogP contribution in [0.2, 0.25) is 0 Å². The molecule has 3 N–H and O–H groups in total. The van der Waals surface area contributed by atoms with Gasteiger partial charge in [-0.1, -0.05) is 18.2 Å². The number of nitrogens with zero attached hydrogens (tertiary/aromatic N) is 1. The lowest BCUT2D eigenvalue weighted by Gasteiger charge is -2.29. The Bertz CT molecular complexity index is 789. The van der Waals surface area contributed by atoms with Gasteiger partial charge in [0.15, 0.2) is 0 Å². The first-order valence-electron chi connectivity index (χ1n) is 9.79. The lowest BCUT2D eigenvalue weighted by molar-refractivity contribution is -0.858. The molecule has 150 valence electrons. The number of benzene rings is 1. The number of rotatable bonds is 8. The fourth-order valence-corrected chi connectivity index (χ4v) is 3.53. The highest BCUT2D eigenvalue weighted by molar-refractivity contribution is 6.35. The predicted octanol–water partition coefficient (Wildman–Crippen LogP) is 0.150. The van der Waals surface area contributed by atoms with E-state index in [4.69, 9.17) is 4.42 Å². The Hall–Kier alpha value is -2.80. The Morgan fingerprint density at radius 3 is 2.68 bits per heavy atom. The van der Waals surface area contributed by atoms with Gasteiger partial charge in [0.25, 0.3) is 0 Å². The molecule has 28 heavy (non-hydrogen) atoms. The maximum absolute atomic E-state index is 12.2. The maximum Gasteiger partial charge on any atom is 0.309 e. The zero-order chi connectivity index (χ0) is 19.9. The van der Waals surface area contributed by atoms with Crippen LogP contribution in [0.15, 0.2) is 47.1 Å². The smallest absolute Gasteiger partial charge is 0.309 e. The summed E-state index contributed by atoms with van der Waals surface area (Å²) in [6.07, 6.45) is 3.42. The molecule has 0 aliphatic carbocycles. The van der Waals surface area contributed by atoms with Crippen LogP contribution in [-0.2, 0) is 16.0 Å². The van der Waals surface area contributed by atoms with Gasteiger partial charge >= 0.3 is 11.8 Å². The van der Waals surface area contributed by atoms with Crippen molar-refractivity contribution in [3.8, 4) is 0 Å². The van der Waals surface area contributed by atoms with Crippen molar-refractivity contribution in [1.29, 1.82) is 0 Å². The Morgan fingerprint density at radius 2 is 1.93 bits per heavy atom. The number of hydrogen-bond donors (Lipinski definition) is 3. The van der Waals surface area contributed by atoms with Crippen molar-refractivity contribution >= 4 is 17.5 Å². The predicted molar refractivity (Wildman–Crippen MR) is 107 cm³/mol. The summed E-state index contributed by atoms with van der Waals surface area (Å²) in [7, 11) is 4.11. The molecule has 0 saturated heterocycles. The van der Waals surface area contributed by atoms with Gasteiger partial charge in [0.05, 0.1) is 26.9 Å². The minimum atomic E-state index is -0.610. The molecule has 0 fully saturated rings. The van der Waals surface area contributed by atoms with Crippen LogP contribution in [0.3, 0.4) is 0 Å². The Labute approximate surface area is 165 Å². The van der Waals surface area contributed by atoms with Crippen LogP contribution in [0.4, 0.5) is 5.69 Å². The first kappa shape index (κ1) is 19.9. The fraction of sp³-hybridized carbons (Fsp3) is 0.429. The fourth-order valence-electron chi connectivity index (χ4n) is 3.53. The van der Waals surface area contributed by atoms with Crippen LogP contribution in [0.25, 0.3) is 0 Å². The molecule has 2 heterocycles. The lowest BCUT2D eigenvalue weighted by Crippen LogP contribution is -3.05. The molecule has 7 nitrogen and oxygen atoms in total. The average Bonchev–Trinajstić information content (AvgIpc) is 3.36. The van der Waals surface area contributed by atoms with E-state index in [1.165, 1.54) is 10.5 Å². The quantitative estimate of drug-likeness (QED) is 0.447. The molecule has 0 bridgehead atoms. The molecule has 7 heteroatoms. The Kier molecular flexibility index (Phi) is 6.71. The number of carbonyl (C=O) groups is 2. The molecule has 1 aromatic carbocycles. The molecule has 2 amide bonds. The van der Waals surface area contributed by atoms with Crippen LogP contribution >= 0.6 is 0 Å². The normalized spacial score (nSPS) is 14.0. The molecule has 0 unspecified atom stereocenters. The van der Waals surface area contributed by atoms with E-state index in [1.54, 1.807) is 6.26 Å². The van der Waals surface area contributed by atoms with Gasteiger partial charge in [-0.3, -0.25) is 9.59 Å². The maximum atomic E-state index is 12.2. The molecular weight excluding hydrogens is 356 g/mol. The van der Waals surface area contributed by atoms with Gasteiger partial charge in [-0.05, 0) is 30.2 Å². The second kappa shape index (κ2) is 9.41. The first-order valence-corrected chi connectivity index (χ1v) is 9.79. The highest BCUT2D eigenvalue weighted by Crippen LogP contribution is 2.34. The van der Waals surface area contributed by atoms with Gasteiger partial charge in [0.1, 0.15) is 11.8 Å². The summed E-state index contributed by atoms with van der Waals surface area (Å²) in [6, 6.07) is 11.8. The molecule has 1 aliphatic heterocycles. The van der Waals surface area contributed by atoms with E-state index in [0.717, 1.165) is 37.4 Å². The summed E-state index contributed by atoms with van der Waals surface area (Å²) in [6.45, 7) is 2.59. The number of para-hydroxylation sites is 1. The monoisotopic (exact) mass is 385 g/mol. The molecule has 3 rings (SSSR count). The standard InChI is InChI=1S/C21H28N4O3/c1-24(2)12-6-11-22-20(26)21(27)23-15-18(19-9-5-14-28-19)25-13-10-16-7-3-4-8-17(16)25/h3-5,7-9,14,18H,6,10-13,15H2,1-2H3,(H,22,26)(H,23,27)/p+1/t18-/m1/s1. The molecule has 1 aliphatic rings. The average molecular weight is 385 g/mol. The van der Waals surface area contributed by atoms with Crippen LogP contribution in [0, 0.1) is 0 Å².